The van der Waals surface area contributed by atoms with E-state index in [1.165, 1.54) is 37.0 Å². The number of amides is 1. The average Bonchev–Trinajstić information content (AvgIpc) is 3.36. The number of hydrogen-bond donors (Lipinski definition) is 1. The number of rotatable bonds is 8. The van der Waals surface area contributed by atoms with E-state index in [0.717, 1.165) is 5.56 Å². The molecule has 0 radical (unpaired) electrons. The highest BCUT2D eigenvalue weighted by atomic mass is 32.2. The Hall–Kier alpha value is -3.19. The highest BCUT2D eigenvalue weighted by molar-refractivity contribution is 7.89. The van der Waals surface area contributed by atoms with Gasteiger partial charge in [-0.05, 0) is 24.3 Å². The number of hydrogen-bond acceptors (Lipinski definition) is 9. The number of benzene rings is 2. The largest absolute Gasteiger partial charge is 0.493 e. The molecule has 0 aliphatic carbocycles. The maximum atomic E-state index is 12.8. The van der Waals surface area contributed by atoms with Crippen LogP contribution >= 0.6 is 11.3 Å². The lowest BCUT2D eigenvalue weighted by molar-refractivity contribution is 0.0730. The Morgan fingerprint density at radius 3 is 2.23 bits per heavy atom. The monoisotopic (exact) mass is 519 g/mol. The van der Waals surface area contributed by atoms with E-state index in [2.05, 4.69) is 10.3 Å². The fourth-order valence-corrected chi connectivity index (χ4v) is 5.70. The quantitative estimate of drug-likeness (QED) is 0.483. The van der Waals surface area contributed by atoms with E-state index in [4.69, 9.17) is 18.9 Å². The molecule has 35 heavy (non-hydrogen) atoms. The van der Waals surface area contributed by atoms with Crippen molar-refractivity contribution in [2.24, 2.45) is 0 Å². The molecule has 0 bridgehead atoms. The number of carbonyl (C=O) groups excluding carboxylic acids is 1. The zero-order valence-electron chi connectivity index (χ0n) is 19.4. The smallest absolute Gasteiger partial charge is 0.257 e. The van der Waals surface area contributed by atoms with Crippen LogP contribution in [0.5, 0.6) is 17.2 Å². The number of nitrogens with zero attached hydrogens (tertiary/aromatic N) is 2. The summed E-state index contributed by atoms with van der Waals surface area (Å²) in [5.74, 6) is 0.729. The summed E-state index contributed by atoms with van der Waals surface area (Å²) < 4.78 is 48.2. The van der Waals surface area contributed by atoms with Crippen LogP contribution in [0, 0.1) is 0 Å². The number of carbonyl (C=O) groups is 1. The lowest BCUT2D eigenvalue weighted by Gasteiger charge is -2.26. The van der Waals surface area contributed by atoms with Crippen molar-refractivity contribution in [3.05, 3.63) is 47.3 Å². The topological polar surface area (TPSA) is 116 Å². The van der Waals surface area contributed by atoms with Gasteiger partial charge in [-0.3, -0.25) is 10.1 Å². The van der Waals surface area contributed by atoms with Gasteiger partial charge in [0, 0.05) is 29.6 Å². The Kier molecular flexibility index (Phi) is 7.55. The Morgan fingerprint density at radius 1 is 1.03 bits per heavy atom. The normalized spacial score (nSPS) is 14.4. The summed E-state index contributed by atoms with van der Waals surface area (Å²) >= 11 is 1.26. The van der Waals surface area contributed by atoms with E-state index in [1.54, 1.807) is 41.8 Å². The summed E-state index contributed by atoms with van der Waals surface area (Å²) in [6.45, 7) is 1.46. The SMILES string of the molecule is COc1cc(C(=O)Nc2nc(-c3ccc(S(=O)(=O)N4CCOCC4)cc3)cs2)cc(OC)c1OC. The van der Waals surface area contributed by atoms with Gasteiger partial charge in [-0.25, -0.2) is 13.4 Å². The first-order valence-electron chi connectivity index (χ1n) is 10.6. The van der Waals surface area contributed by atoms with Crippen LogP contribution in [0.2, 0.25) is 0 Å². The highest BCUT2D eigenvalue weighted by Crippen LogP contribution is 2.38. The van der Waals surface area contributed by atoms with Gasteiger partial charge < -0.3 is 18.9 Å². The van der Waals surface area contributed by atoms with Crippen LogP contribution in [0.25, 0.3) is 11.3 Å². The zero-order valence-corrected chi connectivity index (χ0v) is 21.1. The Balaban J connectivity index is 1.49. The molecule has 0 saturated carbocycles. The zero-order chi connectivity index (χ0) is 25.0. The van der Waals surface area contributed by atoms with Gasteiger partial charge in [0.05, 0.1) is 45.1 Å². The summed E-state index contributed by atoms with van der Waals surface area (Å²) in [5, 5.41) is 4.95. The predicted molar refractivity (Wildman–Crippen MR) is 131 cm³/mol. The molecule has 1 saturated heterocycles. The number of ether oxygens (including phenoxy) is 4. The van der Waals surface area contributed by atoms with Crippen molar-refractivity contribution in [1.29, 1.82) is 0 Å². The summed E-state index contributed by atoms with van der Waals surface area (Å²) in [5.41, 5.74) is 1.66. The van der Waals surface area contributed by atoms with E-state index < -0.39 is 15.9 Å². The number of thiazole rings is 1. The van der Waals surface area contributed by atoms with E-state index in [0.29, 0.717) is 59.9 Å². The van der Waals surface area contributed by atoms with Crippen molar-refractivity contribution in [1.82, 2.24) is 9.29 Å². The van der Waals surface area contributed by atoms with E-state index in [1.807, 2.05) is 0 Å². The van der Waals surface area contributed by atoms with Crippen molar-refractivity contribution in [3.63, 3.8) is 0 Å². The third-order valence-corrected chi connectivity index (χ3v) is 8.08. The van der Waals surface area contributed by atoms with Crippen LogP contribution in [0.4, 0.5) is 5.13 Å². The van der Waals surface area contributed by atoms with Crippen molar-refractivity contribution in [2.45, 2.75) is 4.90 Å². The molecule has 10 nitrogen and oxygen atoms in total. The predicted octanol–water partition coefficient (Wildman–Crippen LogP) is 3.11. The van der Waals surface area contributed by atoms with Gasteiger partial charge in [0.1, 0.15) is 0 Å². The Morgan fingerprint density at radius 2 is 1.66 bits per heavy atom. The molecular formula is C23H25N3O7S2. The van der Waals surface area contributed by atoms with Crippen LogP contribution in [0.3, 0.4) is 0 Å². The molecule has 12 heteroatoms. The molecule has 1 aromatic heterocycles. The standard InChI is InChI=1S/C23H25N3O7S2/c1-30-19-12-16(13-20(31-2)21(19)32-3)22(27)25-23-24-18(14-34-23)15-4-6-17(7-5-15)35(28,29)26-8-10-33-11-9-26/h4-7,12-14H,8-11H2,1-3H3,(H,24,25,27). The summed E-state index contributed by atoms with van der Waals surface area (Å²) in [6, 6.07) is 9.64. The Labute approximate surface area is 207 Å². The van der Waals surface area contributed by atoms with E-state index in [9.17, 15) is 13.2 Å². The summed E-state index contributed by atoms with van der Waals surface area (Å²) in [6.07, 6.45) is 0. The minimum atomic E-state index is -3.57. The van der Waals surface area contributed by atoms with Gasteiger partial charge in [0.25, 0.3) is 5.91 Å². The van der Waals surface area contributed by atoms with Gasteiger partial charge in [-0.2, -0.15) is 4.31 Å². The summed E-state index contributed by atoms with van der Waals surface area (Å²) in [7, 11) is 0.870. The van der Waals surface area contributed by atoms with Gasteiger partial charge in [-0.15, -0.1) is 11.3 Å². The van der Waals surface area contributed by atoms with Crippen molar-refractivity contribution in [2.75, 3.05) is 52.9 Å². The minimum Gasteiger partial charge on any atom is -0.493 e. The fraction of sp³-hybridized carbons (Fsp3) is 0.304. The molecule has 3 aromatic rings. The van der Waals surface area contributed by atoms with Crippen LogP contribution in [0.15, 0.2) is 46.7 Å². The molecule has 0 atom stereocenters. The molecule has 1 N–H and O–H groups in total. The molecule has 186 valence electrons. The number of morpholine rings is 1. The molecular weight excluding hydrogens is 494 g/mol. The van der Waals surface area contributed by atoms with Gasteiger partial charge in [0.2, 0.25) is 15.8 Å². The molecule has 2 aromatic carbocycles. The van der Waals surface area contributed by atoms with Crippen LogP contribution in [-0.2, 0) is 14.8 Å². The van der Waals surface area contributed by atoms with E-state index >= 15 is 0 Å². The maximum Gasteiger partial charge on any atom is 0.257 e. The molecule has 0 unspecified atom stereocenters. The number of anilines is 1. The van der Waals surface area contributed by atoms with Crippen molar-refractivity contribution in [3.8, 4) is 28.5 Å². The molecule has 0 spiro atoms. The summed E-state index contributed by atoms with van der Waals surface area (Å²) in [4.78, 5) is 17.5. The highest BCUT2D eigenvalue weighted by Gasteiger charge is 2.26. The number of aromatic nitrogens is 1. The average molecular weight is 520 g/mol. The first-order chi connectivity index (χ1) is 16.9. The molecule has 1 aliphatic heterocycles. The molecule has 1 fully saturated rings. The van der Waals surface area contributed by atoms with Crippen molar-refractivity contribution < 1.29 is 32.2 Å². The number of nitrogens with one attached hydrogen (secondary N) is 1. The number of methoxy groups -OCH3 is 3. The van der Waals surface area contributed by atoms with E-state index in [-0.39, 0.29) is 4.90 Å². The molecule has 1 aliphatic rings. The lowest BCUT2D eigenvalue weighted by atomic mass is 10.1. The second-order valence-electron chi connectivity index (χ2n) is 7.45. The lowest BCUT2D eigenvalue weighted by Crippen LogP contribution is -2.40. The third kappa shape index (κ3) is 5.25. The third-order valence-electron chi connectivity index (χ3n) is 5.41. The molecule has 2 heterocycles. The van der Waals surface area contributed by atoms with Gasteiger partial charge in [0.15, 0.2) is 16.6 Å². The second-order valence-corrected chi connectivity index (χ2v) is 10.2. The maximum absolute atomic E-state index is 12.8. The van der Waals surface area contributed by atoms with Gasteiger partial charge in [-0.1, -0.05) is 12.1 Å². The number of sulfonamides is 1. The molecule has 4 rings (SSSR count). The fourth-order valence-electron chi connectivity index (χ4n) is 3.58. The van der Waals surface area contributed by atoms with Crippen molar-refractivity contribution >= 4 is 32.4 Å². The molecule has 1 amide bonds. The van der Waals surface area contributed by atoms with Crippen LogP contribution in [-0.4, -0.2) is 71.2 Å². The first kappa shape index (κ1) is 24.9. The minimum absolute atomic E-state index is 0.217. The van der Waals surface area contributed by atoms with Gasteiger partial charge >= 0.3 is 0 Å². The van der Waals surface area contributed by atoms with Crippen LogP contribution in [0.1, 0.15) is 10.4 Å². The first-order valence-corrected chi connectivity index (χ1v) is 12.9. The Bertz CT molecular complexity index is 1280. The second kappa shape index (κ2) is 10.6. The van der Waals surface area contributed by atoms with Crippen LogP contribution < -0.4 is 19.5 Å².